The van der Waals surface area contributed by atoms with Gasteiger partial charge in [-0.1, -0.05) is 18.2 Å². The van der Waals surface area contributed by atoms with E-state index >= 15 is 0 Å². The van der Waals surface area contributed by atoms with Crippen molar-refractivity contribution in [3.05, 3.63) is 35.6 Å². The van der Waals surface area contributed by atoms with Crippen LogP contribution in [0.25, 0.3) is 11.0 Å². The van der Waals surface area contributed by atoms with Crippen molar-refractivity contribution in [1.82, 2.24) is 10.2 Å². The van der Waals surface area contributed by atoms with Gasteiger partial charge in [-0.25, -0.2) is 4.79 Å². The Labute approximate surface area is 122 Å². The number of likely N-dealkylation sites (N-methyl/N-ethyl adjacent to an activating group) is 2. The van der Waals surface area contributed by atoms with Crippen molar-refractivity contribution in [3.8, 4) is 0 Å². The molecule has 0 saturated heterocycles. The molecule has 0 atom stereocenters. The number of carboxylic acid groups (broad SMARTS) is 1. The van der Waals surface area contributed by atoms with Gasteiger partial charge in [0.25, 0.3) is 0 Å². The number of carbonyl (C=O) groups excluding carboxylic acids is 1. The van der Waals surface area contributed by atoms with E-state index in [1.807, 2.05) is 19.1 Å². The second kappa shape index (κ2) is 6.41. The van der Waals surface area contributed by atoms with Crippen LogP contribution in [-0.4, -0.2) is 42.0 Å². The van der Waals surface area contributed by atoms with E-state index < -0.39 is 5.97 Å². The molecule has 0 fully saturated rings. The van der Waals surface area contributed by atoms with Crippen LogP contribution >= 0.6 is 0 Å². The number of amides is 1. The summed E-state index contributed by atoms with van der Waals surface area (Å²) in [5.74, 6) is -1.27. The van der Waals surface area contributed by atoms with Gasteiger partial charge in [-0.05, 0) is 20.0 Å². The van der Waals surface area contributed by atoms with E-state index in [9.17, 15) is 14.7 Å². The minimum absolute atomic E-state index is 0.0704. The van der Waals surface area contributed by atoms with Gasteiger partial charge >= 0.3 is 5.97 Å². The highest BCUT2D eigenvalue weighted by Gasteiger charge is 2.21. The van der Waals surface area contributed by atoms with E-state index in [0.717, 1.165) is 5.39 Å². The summed E-state index contributed by atoms with van der Waals surface area (Å²) in [5, 5.41) is 12.7. The van der Waals surface area contributed by atoms with Crippen LogP contribution in [0.3, 0.4) is 0 Å². The fourth-order valence-corrected chi connectivity index (χ4v) is 2.25. The van der Waals surface area contributed by atoms with Crippen LogP contribution in [0.2, 0.25) is 0 Å². The summed E-state index contributed by atoms with van der Waals surface area (Å²) in [4.78, 5) is 24.6. The molecule has 2 N–H and O–H groups in total. The largest absolute Gasteiger partial charge is 0.475 e. The van der Waals surface area contributed by atoms with Gasteiger partial charge in [0, 0.05) is 24.0 Å². The summed E-state index contributed by atoms with van der Waals surface area (Å²) >= 11 is 0. The maximum absolute atomic E-state index is 11.6. The molecule has 6 heteroatoms. The molecule has 0 aliphatic rings. The predicted octanol–water partition coefficient (Wildman–Crippen LogP) is 1.70. The molecule has 0 aliphatic carbocycles. The normalized spacial score (nSPS) is 11.0. The monoisotopic (exact) mass is 290 g/mol. The predicted molar refractivity (Wildman–Crippen MR) is 78.2 cm³/mol. The summed E-state index contributed by atoms with van der Waals surface area (Å²) in [6, 6.07) is 7.17. The Morgan fingerprint density at radius 1 is 1.33 bits per heavy atom. The minimum atomic E-state index is -1.10. The number of hydrogen-bond donors (Lipinski definition) is 2. The number of para-hydroxylation sites is 1. The number of furan rings is 1. The lowest BCUT2D eigenvalue weighted by Gasteiger charge is -2.15. The van der Waals surface area contributed by atoms with Gasteiger partial charge in [0.1, 0.15) is 5.58 Å². The van der Waals surface area contributed by atoms with Crippen molar-refractivity contribution < 1.29 is 19.1 Å². The Morgan fingerprint density at radius 3 is 2.71 bits per heavy atom. The number of carboxylic acids is 1. The van der Waals surface area contributed by atoms with Crippen molar-refractivity contribution in [1.29, 1.82) is 0 Å². The number of fused-ring (bicyclic) bond motifs is 1. The first-order chi connectivity index (χ1) is 10.0. The third kappa shape index (κ3) is 3.41. The topological polar surface area (TPSA) is 82.8 Å². The third-order valence-electron chi connectivity index (χ3n) is 3.11. The van der Waals surface area contributed by atoms with Crippen molar-refractivity contribution in [2.45, 2.75) is 13.5 Å². The molecule has 2 rings (SSSR count). The van der Waals surface area contributed by atoms with Crippen LogP contribution in [0.5, 0.6) is 0 Å². The SMILES string of the molecule is CCNC(=O)CN(C)Cc1c(C(=O)O)oc2ccccc12. The quantitative estimate of drug-likeness (QED) is 0.846. The molecule has 0 bridgehead atoms. The number of hydrogen-bond acceptors (Lipinski definition) is 4. The van der Waals surface area contributed by atoms with E-state index in [1.54, 1.807) is 24.1 Å². The Morgan fingerprint density at radius 2 is 2.05 bits per heavy atom. The van der Waals surface area contributed by atoms with Gasteiger partial charge < -0.3 is 14.8 Å². The second-order valence-electron chi connectivity index (χ2n) is 4.84. The lowest BCUT2D eigenvalue weighted by molar-refractivity contribution is -0.121. The zero-order valence-corrected chi connectivity index (χ0v) is 12.0. The van der Waals surface area contributed by atoms with Crippen LogP contribution < -0.4 is 5.32 Å². The first-order valence-corrected chi connectivity index (χ1v) is 6.71. The molecule has 0 aliphatic heterocycles. The number of carbonyl (C=O) groups is 2. The molecule has 21 heavy (non-hydrogen) atoms. The van der Waals surface area contributed by atoms with E-state index in [2.05, 4.69) is 5.32 Å². The molecule has 2 aromatic rings. The molecule has 6 nitrogen and oxygen atoms in total. The lowest BCUT2D eigenvalue weighted by atomic mass is 10.1. The molecule has 1 aromatic heterocycles. The summed E-state index contributed by atoms with van der Waals surface area (Å²) < 4.78 is 5.39. The maximum Gasteiger partial charge on any atom is 0.372 e. The zero-order valence-electron chi connectivity index (χ0n) is 12.0. The van der Waals surface area contributed by atoms with Crippen LogP contribution in [0.4, 0.5) is 0 Å². The lowest BCUT2D eigenvalue weighted by Crippen LogP contribution is -2.34. The smallest absolute Gasteiger partial charge is 0.372 e. The summed E-state index contributed by atoms with van der Waals surface area (Å²) in [7, 11) is 1.77. The average molecular weight is 290 g/mol. The Bertz CT molecular complexity index is 663. The van der Waals surface area contributed by atoms with Crippen molar-refractivity contribution in [2.75, 3.05) is 20.1 Å². The third-order valence-corrected chi connectivity index (χ3v) is 3.11. The maximum atomic E-state index is 11.6. The Kier molecular flexibility index (Phi) is 4.59. The standard InChI is InChI=1S/C15H18N2O4/c1-3-16-13(18)9-17(2)8-11-10-6-4-5-7-12(10)21-14(11)15(19)20/h4-7H,3,8-9H2,1-2H3,(H,16,18)(H,19,20). The average Bonchev–Trinajstić information content (AvgIpc) is 2.78. The molecule has 1 aromatic carbocycles. The first-order valence-electron chi connectivity index (χ1n) is 6.71. The fourth-order valence-electron chi connectivity index (χ4n) is 2.25. The molecular formula is C15H18N2O4. The number of rotatable bonds is 6. The molecule has 1 amide bonds. The van der Waals surface area contributed by atoms with Crippen LogP contribution in [0, 0.1) is 0 Å². The first kappa shape index (κ1) is 15.1. The van der Waals surface area contributed by atoms with E-state index in [0.29, 0.717) is 24.2 Å². The van der Waals surface area contributed by atoms with Gasteiger partial charge in [0.05, 0.1) is 6.54 Å². The number of nitrogens with one attached hydrogen (secondary N) is 1. The molecule has 0 radical (unpaired) electrons. The second-order valence-corrected chi connectivity index (χ2v) is 4.84. The molecule has 0 unspecified atom stereocenters. The van der Waals surface area contributed by atoms with Crippen LogP contribution in [-0.2, 0) is 11.3 Å². The number of aromatic carboxylic acids is 1. The van der Waals surface area contributed by atoms with Crippen molar-refractivity contribution in [2.24, 2.45) is 0 Å². The highest BCUT2D eigenvalue weighted by atomic mass is 16.4. The zero-order chi connectivity index (χ0) is 15.4. The van der Waals surface area contributed by atoms with E-state index in [1.165, 1.54) is 0 Å². The molecule has 0 spiro atoms. The number of nitrogens with zero attached hydrogens (tertiary/aromatic N) is 1. The Balaban J connectivity index is 2.26. The highest BCUT2D eigenvalue weighted by molar-refractivity contribution is 5.95. The Hall–Kier alpha value is -2.34. The summed E-state index contributed by atoms with van der Waals surface area (Å²) in [6.45, 7) is 2.95. The fraction of sp³-hybridized carbons (Fsp3) is 0.333. The van der Waals surface area contributed by atoms with Gasteiger partial charge in [-0.2, -0.15) is 0 Å². The molecule has 112 valence electrons. The molecule has 1 heterocycles. The van der Waals surface area contributed by atoms with Gasteiger partial charge in [-0.15, -0.1) is 0 Å². The van der Waals surface area contributed by atoms with E-state index in [-0.39, 0.29) is 18.2 Å². The van der Waals surface area contributed by atoms with Gasteiger partial charge in [0.2, 0.25) is 11.7 Å². The highest BCUT2D eigenvalue weighted by Crippen LogP contribution is 2.26. The molecule has 0 saturated carbocycles. The van der Waals surface area contributed by atoms with Crippen LogP contribution in [0.15, 0.2) is 28.7 Å². The summed E-state index contributed by atoms with van der Waals surface area (Å²) in [6.07, 6.45) is 0. The van der Waals surface area contributed by atoms with Gasteiger partial charge in [-0.3, -0.25) is 9.69 Å². The minimum Gasteiger partial charge on any atom is -0.475 e. The summed E-state index contributed by atoms with van der Waals surface area (Å²) in [5.41, 5.74) is 1.13. The van der Waals surface area contributed by atoms with Crippen LogP contribution in [0.1, 0.15) is 23.0 Å². The van der Waals surface area contributed by atoms with Crippen molar-refractivity contribution >= 4 is 22.8 Å². The van der Waals surface area contributed by atoms with Crippen molar-refractivity contribution in [3.63, 3.8) is 0 Å². The molecular weight excluding hydrogens is 272 g/mol. The number of benzene rings is 1. The van der Waals surface area contributed by atoms with Gasteiger partial charge in [0.15, 0.2) is 0 Å². The van der Waals surface area contributed by atoms with E-state index in [4.69, 9.17) is 4.42 Å².